The van der Waals surface area contributed by atoms with Gasteiger partial charge in [0.1, 0.15) is 0 Å². The van der Waals surface area contributed by atoms with Crippen LogP contribution < -0.4 is 5.73 Å². The summed E-state index contributed by atoms with van der Waals surface area (Å²) in [6.45, 7) is 4.24. The molecule has 0 amide bonds. The van der Waals surface area contributed by atoms with Crippen molar-refractivity contribution in [3.63, 3.8) is 0 Å². The van der Waals surface area contributed by atoms with Crippen LogP contribution >= 0.6 is 0 Å². The average molecular weight is 256 g/mol. The Hall–Kier alpha value is -2.36. The quantitative estimate of drug-likeness (QED) is 0.513. The molecule has 0 fully saturated rings. The van der Waals surface area contributed by atoms with E-state index >= 15 is 0 Å². The number of nitrogen functional groups attached to an aromatic ring is 1. The Bertz CT molecular complexity index is 604. The van der Waals surface area contributed by atoms with Gasteiger partial charge in [0.25, 0.3) is 5.69 Å². The van der Waals surface area contributed by atoms with Crippen LogP contribution in [0.2, 0.25) is 0 Å². The molecule has 0 unspecified atom stereocenters. The molecule has 0 radical (unpaired) electrons. The smallest absolute Gasteiger partial charge is 0.270 e. The fraction of sp³-hybridized carbons (Fsp3) is 0.200. The van der Waals surface area contributed by atoms with E-state index < -0.39 is 4.92 Å². The van der Waals surface area contributed by atoms with E-state index in [0.29, 0.717) is 17.2 Å². The summed E-state index contributed by atoms with van der Waals surface area (Å²) < 4.78 is 0. The standard InChI is InChI=1S/C15H16N2O2/c1-10(2)11-3-5-12(6-4-11)14-9-13(17(18)19)7-8-15(14)16/h3-10H,16H2,1-2H3. The van der Waals surface area contributed by atoms with E-state index in [0.717, 1.165) is 5.56 Å². The first kappa shape index (κ1) is 13.1. The third-order valence-corrected chi connectivity index (χ3v) is 3.14. The lowest BCUT2D eigenvalue weighted by molar-refractivity contribution is -0.384. The zero-order valence-corrected chi connectivity index (χ0v) is 11.0. The van der Waals surface area contributed by atoms with Crippen molar-refractivity contribution in [2.45, 2.75) is 19.8 Å². The van der Waals surface area contributed by atoms with E-state index in [1.165, 1.54) is 17.7 Å². The summed E-state index contributed by atoms with van der Waals surface area (Å²) in [4.78, 5) is 10.4. The number of rotatable bonds is 3. The van der Waals surface area contributed by atoms with E-state index in [9.17, 15) is 10.1 Å². The lowest BCUT2D eigenvalue weighted by Crippen LogP contribution is -1.94. The van der Waals surface area contributed by atoms with Crippen LogP contribution in [0.5, 0.6) is 0 Å². The highest BCUT2D eigenvalue weighted by atomic mass is 16.6. The summed E-state index contributed by atoms with van der Waals surface area (Å²) in [5.74, 6) is 0.455. The van der Waals surface area contributed by atoms with E-state index in [1.807, 2.05) is 24.3 Å². The summed E-state index contributed by atoms with van der Waals surface area (Å²) in [7, 11) is 0. The number of nitro benzene ring substituents is 1. The maximum Gasteiger partial charge on any atom is 0.270 e. The molecule has 19 heavy (non-hydrogen) atoms. The van der Waals surface area contributed by atoms with Crippen LogP contribution in [0, 0.1) is 10.1 Å². The van der Waals surface area contributed by atoms with Crippen LogP contribution in [0.15, 0.2) is 42.5 Å². The molecule has 0 aliphatic rings. The number of nitrogens with zero attached hydrogens (tertiary/aromatic N) is 1. The second-order valence-electron chi connectivity index (χ2n) is 4.81. The molecule has 98 valence electrons. The monoisotopic (exact) mass is 256 g/mol. The fourth-order valence-corrected chi connectivity index (χ4v) is 1.96. The Labute approximate surface area is 112 Å². The molecule has 4 nitrogen and oxygen atoms in total. The Morgan fingerprint density at radius 1 is 1.11 bits per heavy atom. The number of anilines is 1. The zero-order valence-electron chi connectivity index (χ0n) is 11.0. The highest BCUT2D eigenvalue weighted by molar-refractivity contribution is 5.78. The third kappa shape index (κ3) is 2.73. The molecule has 0 aliphatic heterocycles. The van der Waals surface area contributed by atoms with Crippen LogP contribution in [0.4, 0.5) is 11.4 Å². The molecule has 0 bridgehead atoms. The molecule has 4 heteroatoms. The van der Waals surface area contributed by atoms with Gasteiger partial charge in [-0.3, -0.25) is 10.1 Å². The molecule has 2 aromatic rings. The maximum atomic E-state index is 10.8. The van der Waals surface area contributed by atoms with Crippen molar-refractivity contribution in [2.24, 2.45) is 0 Å². The summed E-state index contributed by atoms with van der Waals surface area (Å²) in [6.07, 6.45) is 0. The first-order valence-corrected chi connectivity index (χ1v) is 6.13. The van der Waals surface area contributed by atoms with E-state index in [-0.39, 0.29) is 5.69 Å². The molecule has 2 aromatic carbocycles. The highest BCUT2D eigenvalue weighted by Gasteiger charge is 2.11. The van der Waals surface area contributed by atoms with Gasteiger partial charge in [-0.1, -0.05) is 38.1 Å². The molecule has 0 saturated heterocycles. The molecule has 2 rings (SSSR count). The van der Waals surface area contributed by atoms with Crippen molar-refractivity contribution in [2.75, 3.05) is 5.73 Å². The van der Waals surface area contributed by atoms with Gasteiger partial charge in [0, 0.05) is 23.4 Å². The summed E-state index contributed by atoms with van der Waals surface area (Å²) in [5.41, 5.74) is 9.32. The minimum atomic E-state index is -0.411. The molecule has 2 N–H and O–H groups in total. The van der Waals surface area contributed by atoms with Crippen molar-refractivity contribution in [3.05, 3.63) is 58.1 Å². The minimum Gasteiger partial charge on any atom is -0.398 e. The molecule has 0 aliphatic carbocycles. The van der Waals surface area contributed by atoms with Crippen LogP contribution in [-0.2, 0) is 0 Å². The van der Waals surface area contributed by atoms with Crippen molar-refractivity contribution in [1.82, 2.24) is 0 Å². The van der Waals surface area contributed by atoms with Gasteiger partial charge in [0.05, 0.1) is 4.92 Å². The third-order valence-electron chi connectivity index (χ3n) is 3.14. The van der Waals surface area contributed by atoms with Crippen molar-refractivity contribution in [1.29, 1.82) is 0 Å². The van der Waals surface area contributed by atoms with Gasteiger partial charge in [-0.25, -0.2) is 0 Å². The largest absolute Gasteiger partial charge is 0.398 e. The number of non-ortho nitro benzene ring substituents is 1. The van der Waals surface area contributed by atoms with Gasteiger partial charge >= 0.3 is 0 Å². The van der Waals surface area contributed by atoms with E-state index in [2.05, 4.69) is 13.8 Å². The van der Waals surface area contributed by atoms with Crippen molar-refractivity contribution >= 4 is 11.4 Å². The predicted molar refractivity (Wildman–Crippen MR) is 77.0 cm³/mol. The van der Waals surface area contributed by atoms with E-state index in [1.54, 1.807) is 6.07 Å². The molecule has 0 atom stereocenters. The van der Waals surface area contributed by atoms with Crippen molar-refractivity contribution in [3.8, 4) is 11.1 Å². The Balaban J connectivity index is 2.46. The number of benzene rings is 2. The van der Waals surface area contributed by atoms with Crippen LogP contribution in [0.1, 0.15) is 25.3 Å². The molecule has 0 spiro atoms. The normalized spacial score (nSPS) is 10.7. The van der Waals surface area contributed by atoms with Crippen LogP contribution in [-0.4, -0.2) is 4.92 Å². The molecule has 0 saturated carbocycles. The Kier molecular flexibility index (Phi) is 3.51. The zero-order chi connectivity index (χ0) is 14.0. The summed E-state index contributed by atoms with van der Waals surface area (Å²) >= 11 is 0. The lowest BCUT2D eigenvalue weighted by Gasteiger charge is -2.09. The van der Waals surface area contributed by atoms with Gasteiger partial charge in [-0.05, 0) is 23.1 Å². The van der Waals surface area contributed by atoms with Gasteiger partial charge in [-0.2, -0.15) is 0 Å². The van der Waals surface area contributed by atoms with Gasteiger partial charge in [0.2, 0.25) is 0 Å². The van der Waals surface area contributed by atoms with Gasteiger partial charge in [-0.15, -0.1) is 0 Å². The lowest BCUT2D eigenvalue weighted by atomic mass is 9.98. The maximum absolute atomic E-state index is 10.8. The van der Waals surface area contributed by atoms with Gasteiger partial charge in [0.15, 0.2) is 0 Å². The van der Waals surface area contributed by atoms with Crippen LogP contribution in [0.25, 0.3) is 11.1 Å². The molecular formula is C15H16N2O2. The number of hydrogen-bond acceptors (Lipinski definition) is 3. The number of hydrogen-bond donors (Lipinski definition) is 1. The van der Waals surface area contributed by atoms with Gasteiger partial charge < -0.3 is 5.73 Å². The number of nitrogens with two attached hydrogens (primary N) is 1. The highest BCUT2D eigenvalue weighted by Crippen LogP contribution is 2.30. The first-order chi connectivity index (χ1) is 8.99. The first-order valence-electron chi connectivity index (χ1n) is 6.13. The molecule has 0 heterocycles. The average Bonchev–Trinajstić information content (AvgIpc) is 2.39. The number of nitro groups is 1. The molecule has 0 aromatic heterocycles. The molecular weight excluding hydrogens is 240 g/mol. The Morgan fingerprint density at radius 2 is 1.74 bits per heavy atom. The predicted octanol–water partition coefficient (Wildman–Crippen LogP) is 3.97. The summed E-state index contributed by atoms with van der Waals surface area (Å²) in [6, 6.07) is 12.5. The van der Waals surface area contributed by atoms with Crippen LogP contribution in [0.3, 0.4) is 0 Å². The second kappa shape index (κ2) is 5.10. The SMILES string of the molecule is CC(C)c1ccc(-c2cc([N+](=O)[O-])ccc2N)cc1. The minimum absolute atomic E-state index is 0.0529. The van der Waals surface area contributed by atoms with E-state index in [4.69, 9.17) is 5.73 Å². The topological polar surface area (TPSA) is 69.2 Å². The summed E-state index contributed by atoms with van der Waals surface area (Å²) in [5, 5.41) is 10.8. The van der Waals surface area contributed by atoms with Crippen molar-refractivity contribution < 1.29 is 4.92 Å². The fourth-order valence-electron chi connectivity index (χ4n) is 1.96. The Morgan fingerprint density at radius 3 is 2.26 bits per heavy atom. The second-order valence-corrected chi connectivity index (χ2v) is 4.81.